The zero-order valence-corrected chi connectivity index (χ0v) is 12.7. The summed E-state index contributed by atoms with van der Waals surface area (Å²) in [4.78, 5) is 1.98. The van der Waals surface area contributed by atoms with Crippen LogP contribution in [0.5, 0.6) is 0 Å². The van der Waals surface area contributed by atoms with Crippen molar-refractivity contribution in [1.29, 1.82) is 5.41 Å². The van der Waals surface area contributed by atoms with Crippen LogP contribution in [0, 0.1) is 5.41 Å². The van der Waals surface area contributed by atoms with Gasteiger partial charge in [-0.05, 0) is 47.5 Å². The molecule has 0 saturated carbocycles. The lowest BCUT2D eigenvalue weighted by Crippen LogP contribution is -2.23. The van der Waals surface area contributed by atoms with E-state index in [1.54, 1.807) is 6.07 Å². The van der Waals surface area contributed by atoms with E-state index in [4.69, 9.17) is 40.2 Å². The van der Waals surface area contributed by atoms with Gasteiger partial charge in [-0.2, -0.15) is 0 Å². The van der Waals surface area contributed by atoms with Gasteiger partial charge in [-0.15, -0.1) is 0 Å². The van der Waals surface area contributed by atoms with Crippen LogP contribution in [0.2, 0.25) is 15.1 Å². The van der Waals surface area contributed by atoms with Gasteiger partial charge in [0.2, 0.25) is 0 Å². The molecule has 1 aliphatic heterocycles. The molecule has 20 heavy (non-hydrogen) atoms. The van der Waals surface area contributed by atoms with E-state index >= 15 is 0 Å². The minimum absolute atomic E-state index is 0.507. The van der Waals surface area contributed by atoms with E-state index in [0.29, 0.717) is 34.0 Å². The molecule has 2 nitrogen and oxygen atoms in total. The Morgan fingerprint density at radius 1 is 0.950 bits per heavy atom. The molecule has 2 aromatic carbocycles. The predicted octanol–water partition coefficient (Wildman–Crippen LogP) is 4.99. The molecule has 0 saturated heterocycles. The largest absolute Gasteiger partial charge is 0.348 e. The van der Waals surface area contributed by atoms with Gasteiger partial charge in [0, 0.05) is 33.7 Å². The lowest BCUT2D eigenvalue weighted by atomic mass is 10.1. The Hall–Kier alpha value is -1.22. The Bertz CT molecular complexity index is 677. The molecule has 102 valence electrons. The highest BCUT2D eigenvalue weighted by molar-refractivity contribution is 6.34. The fourth-order valence-corrected chi connectivity index (χ4v) is 3.20. The molecule has 0 spiro atoms. The van der Waals surface area contributed by atoms with Gasteiger partial charge >= 0.3 is 0 Å². The van der Waals surface area contributed by atoms with Gasteiger partial charge in [0.05, 0.1) is 0 Å². The number of amidine groups is 1. The molecule has 0 fully saturated rings. The van der Waals surface area contributed by atoms with Gasteiger partial charge < -0.3 is 4.90 Å². The average molecular weight is 326 g/mol. The summed E-state index contributed by atoms with van der Waals surface area (Å²) in [6.07, 6.45) is 0. The summed E-state index contributed by atoms with van der Waals surface area (Å²) in [6.45, 7) is 1.28. The van der Waals surface area contributed by atoms with Crippen molar-refractivity contribution >= 4 is 40.6 Å². The second kappa shape index (κ2) is 5.28. The maximum absolute atomic E-state index is 8.23. The second-order valence-electron chi connectivity index (χ2n) is 4.78. The van der Waals surface area contributed by atoms with Crippen molar-refractivity contribution in [2.75, 3.05) is 0 Å². The molecule has 0 aromatic heterocycles. The quantitative estimate of drug-likeness (QED) is 0.827. The summed E-state index contributed by atoms with van der Waals surface area (Å²) in [5, 5.41) is 10.2. The van der Waals surface area contributed by atoms with Crippen LogP contribution in [0.25, 0.3) is 0 Å². The number of hydrogen-bond donors (Lipinski definition) is 1. The Morgan fingerprint density at radius 3 is 2.35 bits per heavy atom. The first-order valence-corrected chi connectivity index (χ1v) is 7.23. The van der Waals surface area contributed by atoms with Crippen LogP contribution in [-0.2, 0) is 13.1 Å². The first kappa shape index (κ1) is 13.7. The summed E-state index contributed by atoms with van der Waals surface area (Å²) in [5.74, 6) is 0.507. The highest BCUT2D eigenvalue weighted by Gasteiger charge is 2.24. The van der Waals surface area contributed by atoms with E-state index in [9.17, 15) is 0 Å². The van der Waals surface area contributed by atoms with Crippen LogP contribution >= 0.6 is 34.8 Å². The summed E-state index contributed by atoms with van der Waals surface area (Å²) >= 11 is 18.0. The maximum Gasteiger partial charge on any atom is 0.129 e. The van der Waals surface area contributed by atoms with Crippen molar-refractivity contribution in [3.8, 4) is 0 Å². The normalized spacial score (nSPS) is 13.8. The number of halogens is 3. The smallest absolute Gasteiger partial charge is 0.129 e. The molecule has 0 amide bonds. The number of fused-ring (bicyclic) bond motifs is 1. The van der Waals surface area contributed by atoms with E-state index in [1.807, 2.05) is 35.2 Å². The topological polar surface area (TPSA) is 27.1 Å². The molecular formula is C15H11Cl3N2. The number of nitrogens with one attached hydrogen (secondary N) is 1. The molecule has 1 aliphatic rings. The number of benzene rings is 2. The van der Waals surface area contributed by atoms with Crippen molar-refractivity contribution in [3.05, 3.63) is 68.2 Å². The molecule has 0 aliphatic carbocycles. The molecule has 2 aromatic rings. The Morgan fingerprint density at radius 2 is 1.65 bits per heavy atom. The molecule has 1 N–H and O–H groups in total. The summed E-state index contributed by atoms with van der Waals surface area (Å²) in [7, 11) is 0. The van der Waals surface area contributed by atoms with E-state index in [0.717, 1.165) is 16.7 Å². The summed E-state index contributed by atoms with van der Waals surface area (Å²) in [5.41, 5.74) is 3.00. The van der Waals surface area contributed by atoms with Gasteiger partial charge in [0.1, 0.15) is 5.84 Å². The van der Waals surface area contributed by atoms with Gasteiger partial charge in [-0.3, -0.25) is 5.41 Å². The Balaban J connectivity index is 1.85. The maximum atomic E-state index is 8.23. The van der Waals surface area contributed by atoms with Gasteiger partial charge in [-0.1, -0.05) is 34.8 Å². The molecule has 0 bridgehead atoms. The molecule has 5 heteroatoms. The van der Waals surface area contributed by atoms with E-state index in [1.165, 1.54) is 0 Å². The second-order valence-corrected chi connectivity index (χ2v) is 6.09. The fraction of sp³-hybridized carbons (Fsp3) is 0.133. The van der Waals surface area contributed by atoms with Crippen molar-refractivity contribution in [3.63, 3.8) is 0 Å². The van der Waals surface area contributed by atoms with Crippen LogP contribution in [0.1, 0.15) is 16.7 Å². The average Bonchev–Trinajstić information content (AvgIpc) is 2.64. The molecule has 1 heterocycles. The summed E-state index contributed by atoms with van der Waals surface area (Å²) in [6, 6.07) is 11.1. The molecule has 0 unspecified atom stereocenters. The third-order valence-electron chi connectivity index (χ3n) is 3.30. The first-order valence-electron chi connectivity index (χ1n) is 6.10. The van der Waals surface area contributed by atoms with E-state index in [-0.39, 0.29) is 0 Å². The first-order chi connectivity index (χ1) is 9.52. The van der Waals surface area contributed by atoms with Crippen LogP contribution in [-0.4, -0.2) is 10.7 Å². The van der Waals surface area contributed by atoms with Crippen molar-refractivity contribution in [2.45, 2.75) is 13.1 Å². The Kier molecular flexibility index (Phi) is 3.63. The monoisotopic (exact) mass is 324 g/mol. The predicted molar refractivity (Wildman–Crippen MR) is 84.0 cm³/mol. The highest BCUT2D eigenvalue weighted by Crippen LogP contribution is 2.28. The van der Waals surface area contributed by atoms with Crippen molar-refractivity contribution in [2.24, 2.45) is 0 Å². The minimum atomic E-state index is 0.507. The van der Waals surface area contributed by atoms with Crippen LogP contribution in [0.15, 0.2) is 36.4 Å². The molecule has 0 radical (unpaired) electrons. The number of rotatable bonds is 2. The van der Waals surface area contributed by atoms with Gasteiger partial charge in [0.25, 0.3) is 0 Å². The Labute approximate surface area is 132 Å². The van der Waals surface area contributed by atoms with Crippen LogP contribution in [0.4, 0.5) is 0 Å². The third kappa shape index (κ3) is 2.64. The standard InChI is InChI=1S/C15H11Cl3N2/c16-11-1-2-14-10(5-11)8-20(15(14)19)7-9-3-12(17)6-13(18)4-9/h1-6,19H,7-8H2. The van der Waals surface area contributed by atoms with Crippen LogP contribution < -0.4 is 0 Å². The lowest BCUT2D eigenvalue weighted by molar-refractivity contribution is 0.422. The van der Waals surface area contributed by atoms with Gasteiger partial charge in [-0.25, -0.2) is 0 Å². The molecular weight excluding hydrogens is 315 g/mol. The van der Waals surface area contributed by atoms with Gasteiger partial charge in [0.15, 0.2) is 0 Å². The number of hydrogen-bond acceptors (Lipinski definition) is 1. The van der Waals surface area contributed by atoms with E-state index < -0.39 is 0 Å². The zero-order valence-electron chi connectivity index (χ0n) is 10.5. The lowest BCUT2D eigenvalue weighted by Gasteiger charge is -2.18. The molecule has 3 rings (SSSR count). The van der Waals surface area contributed by atoms with E-state index in [2.05, 4.69) is 0 Å². The van der Waals surface area contributed by atoms with Crippen LogP contribution in [0.3, 0.4) is 0 Å². The fourth-order valence-electron chi connectivity index (χ4n) is 2.44. The highest BCUT2D eigenvalue weighted by atomic mass is 35.5. The zero-order chi connectivity index (χ0) is 14.3. The van der Waals surface area contributed by atoms with Crippen molar-refractivity contribution < 1.29 is 0 Å². The van der Waals surface area contributed by atoms with Crippen molar-refractivity contribution in [1.82, 2.24) is 4.90 Å². The number of nitrogens with zero attached hydrogens (tertiary/aromatic N) is 1. The SMILES string of the molecule is N=C1c2ccc(Cl)cc2CN1Cc1cc(Cl)cc(Cl)c1. The minimum Gasteiger partial charge on any atom is -0.348 e. The molecule has 0 atom stereocenters. The third-order valence-corrected chi connectivity index (χ3v) is 3.97. The summed E-state index contributed by atoms with van der Waals surface area (Å²) < 4.78 is 0.